The highest BCUT2D eigenvalue weighted by Crippen LogP contribution is 2.36. The van der Waals surface area contributed by atoms with Gasteiger partial charge in [0.25, 0.3) is 0 Å². The van der Waals surface area contributed by atoms with E-state index in [0.29, 0.717) is 0 Å². The van der Waals surface area contributed by atoms with Crippen LogP contribution in [0.25, 0.3) is 22.2 Å². The van der Waals surface area contributed by atoms with Crippen LogP contribution in [0.5, 0.6) is 0 Å². The summed E-state index contributed by atoms with van der Waals surface area (Å²) in [6.07, 6.45) is 6.68. The van der Waals surface area contributed by atoms with Crippen LogP contribution in [0.15, 0.2) is 85.1 Å². The molecule has 34 heavy (non-hydrogen) atoms. The van der Waals surface area contributed by atoms with E-state index in [0.717, 1.165) is 12.8 Å². The molecule has 1 heterocycles. The maximum absolute atomic E-state index is 2.34. The van der Waals surface area contributed by atoms with Crippen molar-refractivity contribution in [2.75, 3.05) is 0 Å². The highest BCUT2D eigenvalue weighted by molar-refractivity contribution is 5.86. The van der Waals surface area contributed by atoms with Crippen LogP contribution in [0, 0.1) is 5.41 Å². The first-order valence-electron chi connectivity index (χ1n) is 12.5. The van der Waals surface area contributed by atoms with Gasteiger partial charge >= 0.3 is 0 Å². The molecular formula is C33H39N. The molecule has 0 radical (unpaired) electrons. The lowest BCUT2D eigenvalue weighted by Crippen LogP contribution is -2.10. The lowest BCUT2D eigenvalue weighted by Gasteiger charge is -2.25. The van der Waals surface area contributed by atoms with E-state index in [4.69, 9.17) is 0 Å². The zero-order chi connectivity index (χ0) is 24.5. The van der Waals surface area contributed by atoms with Crippen molar-refractivity contribution in [1.82, 2.24) is 4.57 Å². The summed E-state index contributed by atoms with van der Waals surface area (Å²) in [5, 5.41) is 1.34. The van der Waals surface area contributed by atoms with Crippen LogP contribution in [0.1, 0.15) is 70.7 Å². The number of hydrogen-bond donors (Lipinski definition) is 0. The molecule has 1 heteroatoms. The van der Waals surface area contributed by atoms with Crippen molar-refractivity contribution in [3.8, 4) is 5.69 Å². The highest BCUT2D eigenvalue weighted by Gasteiger charge is 2.21. The van der Waals surface area contributed by atoms with Gasteiger partial charge in [-0.1, -0.05) is 102 Å². The number of aromatic nitrogens is 1. The fourth-order valence-electron chi connectivity index (χ4n) is 5.09. The summed E-state index contributed by atoms with van der Waals surface area (Å²) in [6.45, 7) is 15.9. The van der Waals surface area contributed by atoms with Gasteiger partial charge in [0.1, 0.15) is 0 Å². The first kappa shape index (κ1) is 24.1. The average Bonchev–Trinajstić information content (AvgIpc) is 3.19. The number of benzene rings is 3. The largest absolute Gasteiger partial charge is 0.316 e. The molecule has 0 unspecified atom stereocenters. The minimum absolute atomic E-state index is 0.108. The van der Waals surface area contributed by atoms with E-state index in [1.165, 1.54) is 44.4 Å². The molecule has 4 rings (SSSR count). The zero-order valence-corrected chi connectivity index (χ0v) is 21.9. The van der Waals surface area contributed by atoms with E-state index in [1.807, 2.05) is 0 Å². The third-order valence-electron chi connectivity index (χ3n) is 6.82. The molecule has 0 saturated carbocycles. The molecule has 0 spiro atoms. The normalized spacial score (nSPS) is 13.0. The fourth-order valence-corrected chi connectivity index (χ4v) is 5.09. The average molecular weight is 450 g/mol. The van der Waals surface area contributed by atoms with Crippen LogP contribution in [-0.4, -0.2) is 4.57 Å². The van der Waals surface area contributed by atoms with Gasteiger partial charge in [-0.15, -0.1) is 0 Å². The molecule has 1 nitrogen and oxygen atoms in total. The van der Waals surface area contributed by atoms with Gasteiger partial charge in [0.05, 0.1) is 5.52 Å². The molecule has 3 aromatic carbocycles. The molecule has 0 atom stereocenters. The maximum atomic E-state index is 2.34. The van der Waals surface area contributed by atoms with Crippen LogP contribution < -0.4 is 0 Å². The number of fused-ring (bicyclic) bond motifs is 1. The van der Waals surface area contributed by atoms with Crippen molar-refractivity contribution in [2.24, 2.45) is 5.41 Å². The quantitative estimate of drug-likeness (QED) is 0.286. The molecule has 0 aliphatic heterocycles. The molecule has 4 aromatic rings. The molecule has 0 aliphatic rings. The Bertz CT molecular complexity index is 1300. The first-order chi connectivity index (χ1) is 16.1. The predicted octanol–water partition coefficient (Wildman–Crippen LogP) is 9.16. The number of hydrogen-bond acceptors (Lipinski definition) is 0. The summed E-state index contributed by atoms with van der Waals surface area (Å²) >= 11 is 0. The Morgan fingerprint density at radius 2 is 1.41 bits per heavy atom. The summed E-state index contributed by atoms with van der Waals surface area (Å²) in [5.74, 6) is 0. The number of aryl methyl sites for hydroxylation is 2. The van der Waals surface area contributed by atoms with Crippen molar-refractivity contribution < 1.29 is 0 Å². The minimum Gasteiger partial charge on any atom is -0.316 e. The topological polar surface area (TPSA) is 4.93 Å². The van der Waals surface area contributed by atoms with Gasteiger partial charge < -0.3 is 4.57 Å². The second-order valence-electron chi connectivity index (χ2n) is 11.5. The van der Waals surface area contributed by atoms with E-state index in [1.54, 1.807) is 0 Å². The van der Waals surface area contributed by atoms with E-state index in [9.17, 15) is 0 Å². The Balaban J connectivity index is 1.59. The van der Waals surface area contributed by atoms with Crippen LogP contribution >= 0.6 is 0 Å². The molecule has 0 amide bonds. The molecule has 0 bridgehead atoms. The van der Waals surface area contributed by atoms with Crippen molar-refractivity contribution >= 4 is 16.5 Å². The summed E-state index contributed by atoms with van der Waals surface area (Å²) in [5.41, 5.74) is 9.76. The Kier molecular flexibility index (Phi) is 6.58. The third kappa shape index (κ3) is 4.89. The Morgan fingerprint density at radius 1 is 0.765 bits per heavy atom. The van der Waals surface area contributed by atoms with E-state index in [2.05, 4.69) is 138 Å². The summed E-state index contributed by atoms with van der Waals surface area (Å²) in [7, 11) is 0. The fraction of sp³-hybridized carbons (Fsp3) is 0.333. The second kappa shape index (κ2) is 9.29. The number of rotatable bonds is 5. The molecule has 0 fully saturated rings. The van der Waals surface area contributed by atoms with Gasteiger partial charge in [-0.05, 0) is 76.6 Å². The molecule has 0 aliphatic carbocycles. The van der Waals surface area contributed by atoms with Crippen LogP contribution in [0.4, 0.5) is 0 Å². The monoisotopic (exact) mass is 449 g/mol. The molecular weight excluding hydrogens is 410 g/mol. The number of nitrogens with zero attached hydrogens (tertiary/aromatic N) is 1. The molecule has 0 saturated heterocycles. The Morgan fingerprint density at radius 3 is 2.06 bits per heavy atom. The van der Waals surface area contributed by atoms with Crippen molar-refractivity contribution in [2.45, 2.75) is 66.7 Å². The van der Waals surface area contributed by atoms with E-state index >= 15 is 0 Å². The summed E-state index contributed by atoms with van der Waals surface area (Å²) < 4.78 is 2.34. The van der Waals surface area contributed by atoms with Gasteiger partial charge in [-0.25, -0.2) is 0 Å². The van der Waals surface area contributed by atoms with Gasteiger partial charge in [-0.3, -0.25) is 0 Å². The van der Waals surface area contributed by atoms with Gasteiger partial charge in [0.15, 0.2) is 0 Å². The van der Waals surface area contributed by atoms with Gasteiger partial charge in [0, 0.05) is 17.3 Å². The summed E-state index contributed by atoms with van der Waals surface area (Å²) in [6, 6.07) is 26.8. The molecule has 0 N–H and O–H groups in total. The first-order valence-corrected chi connectivity index (χ1v) is 12.5. The Hall–Kier alpha value is -3.06. The number of para-hydroxylation sites is 1. The van der Waals surface area contributed by atoms with Crippen LogP contribution in [-0.2, 0) is 18.3 Å². The Labute approximate surface area is 206 Å². The number of allylic oxidation sites excluding steroid dienone is 2. The van der Waals surface area contributed by atoms with Gasteiger partial charge in [0.2, 0.25) is 0 Å². The second-order valence-corrected chi connectivity index (χ2v) is 11.5. The third-order valence-corrected chi connectivity index (χ3v) is 6.82. The lowest BCUT2D eigenvalue weighted by atomic mass is 9.79. The van der Waals surface area contributed by atoms with Gasteiger partial charge in [-0.2, -0.15) is 0 Å². The van der Waals surface area contributed by atoms with E-state index in [-0.39, 0.29) is 10.8 Å². The van der Waals surface area contributed by atoms with Crippen molar-refractivity contribution in [3.63, 3.8) is 0 Å². The standard InChI is InChI=1S/C33H39N/c1-8-29(32(2,3)4)27-14-10-9-13-25(27)20-17-24-18-21-26(22-19-24)34-23-30(33(5,6)7)28-15-11-12-16-31(28)34/h8-16,18-19,21-23H,17,20H2,1-7H3/b29-8+. The zero-order valence-electron chi connectivity index (χ0n) is 21.9. The lowest BCUT2D eigenvalue weighted by molar-refractivity contribution is 0.565. The smallest absolute Gasteiger partial charge is 0.0531 e. The SMILES string of the molecule is C/C=C(\c1ccccc1CCc1ccc(-n2cc(C(C)(C)C)c3ccccc32)cc1)C(C)(C)C. The predicted molar refractivity (Wildman–Crippen MR) is 149 cm³/mol. The molecule has 176 valence electrons. The summed E-state index contributed by atoms with van der Waals surface area (Å²) in [4.78, 5) is 0. The van der Waals surface area contributed by atoms with E-state index < -0.39 is 0 Å². The highest BCUT2D eigenvalue weighted by atomic mass is 15.0. The van der Waals surface area contributed by atoms with Crippen LogP contribution in [0.3, 0.4) is 0 Å². The maximum Gasteiger partial charge on any atom is 0.0531 e. The van der Waals surface area contributed by atoms with Crippen LogP contribution in [0.2, 0.25) is 0 Å². The van der Waals surface area contributed by atoms with Crippen molar-refractivity contribution in [3.05, 3.63) is 107 Å². The minimum atomic E-state index is 0.108. The van der Waals surface area contributed by atoms with Crippen molar-refractivity contribution in [1.29, 1.82) is 0 Å². The molecule has 1 aromatic heterocycles.